The highest BCUT2D eigenvalue weighted by atomic mass is 127. The molecule has 12 heteroatoms. The van der Waals surface area contributed by atoms with E-state index in [1.165, 1.54) is 0 Å². The fourth-order valence-corrected chi connectivity index (χ4v) is 6.63. The predicted octanol–water partition coefficient (Wildman–Crippen LogP) is 5.89. The maximum absolute atomic E-state index is 13.4. The van der Waals surface area contributed by atoms with Gasteiger partial charge in [-0.15, -0.1) is 0 Å². The number of benzene rings is 1. The van der Waals surface area contributed by atoms with E-state index in [1.54, 1.807) is 39.0 Å². The van der Waals surface area contributed by atoms with Gasteiger partial charge in [0.1, 0.15) is 23.9 Å². The zero-order valence-electron chi connectivity index (χ0n) is 29.7. The van der Waals surface area contributed by atoms with Crippen molar-refractivity contribution in [2.45, 2.75) is 147 Å². The standard InChI is InChI=1S/C37H55IN2O9/c1-6-8-12-19-37(20-13-9-7-2)47-30-23-25(22-29(33(30)49-37)46-35(45)27-14-10-11-15-28(27)38)34(44)39-21-18-31(42)40-26(24-41)16-17-32(43)48-36(3,4)5/h10-11,14-15,23,26,29-30,33,41H,6-9,12-13,16-22,24H2,1-5H3,(H,39,44)(H,40,42). The summed E-state index contributed by atoms with van der Waals surface area (Å²) < 4.78 is 25.5. The molecule has 4 unspecified atom stereocenters. The summed E-state index contributed by atoms with van der Waals surface area (Å²) in [7, 11) is 0. The van der Waals surface area contributed by atoms with E-state index in [2.05, 4.69) is 47.1 Å². The normalized spacial score (nSPS) is 20.5. The molecule has 1 aromatic carbocycles. The number of hydrogen-bond acceptors (Lipinski definition) is 9. The molecular weight excluding hydrogens is 743 g/mol. The lowest BCUT2D eigenvalue weighted by Crippen LogP contribution is -2.44. The molecule has 1 aliphatic heterocycles. The first kappa shape index (κ1) is 40.9. The summed E-state index contributed by atoms with van der Waals surface area (Å²) in [5, 5.41) is 15.2. The minimum Gasteiger partial charge on any atom is -0.460 e. The first-order valence-electron chi connectivity index (χ1n) is 17.7. The summed E-state index contributed by atoms with van der Waals surface area (Å²) >= 11 is 2.10. The second-order valence-corrected chi connectivity index (χ2v) is 15.0. The van der Waals surface area contributed by atoms with Crippen LogP contribution < -0.4 is 10.6 Å². The number of aliphatic hydroxyl groups is 1. The molecule has 0 spiro atoms. The Balaban J connectivity index is 1.67. The molecule has 0 radical (unpaired) electrons. The van der Waals surface area contributed by atoms with Crippen LogP contribution in [0.2, 0.25) is 0 Å². The monoisotopic (exact) mass is 798 g/mol. The van der Waals surface area contributed by atoms with Gasteiger partial charge in [-0.3, -0.25) is 14.4 Å². The molecule has 49 heavy (non-hydrogen) atoms. The molecular formula is C37H55IN2O9. The van der Waals surface area contributed by atoms with Crippen LogP contribution in [0.3, 0.4) is 0 Å². The lowest BCUT2D eigenvalue weighted by Gasteiger charge is -2.31. The third kappa shape index (κ3) is 13.3. The SMILES string of the molecule is CCCCCC1(CCCCC)OC2C=C(C(=O)NCCC(=O)NC(CO)CCC(=O)OC(C)(C)C)CC(OC(=O)c3ccccc3I)C2O1. The Morgan fingerprint density at radius 3 is 2.31 bits per heavy atom. The second kappa shape index (κ2) is 19.7. The second-order valence-electron chi connectivity index (χ2n) is 13.9. The van der Waals surface area contributed by atoms with Crippen LogP contribution in [0.15, 0.2) is 35.9 Å². The Morgan fingerprint density at radius 1 is 1.02 bits per heavy atom. The maximum Gasteiger partial charge on any atom is 0.339 e. The topological polar surface area (TPSA) is 149 Å². The molecule has 2 aliphatic rings. The maximum atomic E-state index is 13.4. The van der Waals surface area contributed by atoms with Crippen LogP contribution in [0.1, 0.15) is 122 Å². The molecule has 0 bridgehead atoms. The molecule has 2 amide bonds. The molecule has 1 fully saturated rings. The average Bonchev–Trinajstić information content (AvgIpc) is 3.41. The highest BCUT2D eigenvalue weighted by Crippen LogP contribution is 2.43. The van der Waals surface area contributed by atoms with Crippen molar-refractivity contribution in [3.63, 3.8) is 0 Å². The molecule has 274 valence electrons. The lowest BCUT2D eigenvalue weighted by atomic mass is 9.91. The van der Waals surface area contributed by atoms with Gasteiger partial charge in [-0.2, -0.15) is 0 Å². The van der Waals surface area contributed by atoms with Crippen LogP contribution in [0.5, 0.6) is 0 Å². The zero-order valence-corrected chi connectivity index (χ0v) is 31.8. The van der Waals surface area contributed by atoms with Crippen LogP contribution in [-0.2, 0) is 33.3 Å². The lowest BCUT2D eigenvalue weighted by molar-refractivity contribution is -0.190. The van der Waals surface area contributed by atoms with Crippen LogP contribution >= 0.6 is 22.6 Å². The summed E-state index contributed by atoms with van der Waals surface area (Å²) in [5.41, 5.74) is 0.219. The minimum atomic E-state index is -0.821. The largest absolute Gasteiger partial charge is 0.460 e. The highest BCUT2D eigenvalue weighted by Gasteiger charge is 2.52. The van der Waals surface area contributed by atoms with E-state index >= 15 is 0 Å². The Kier molecular flexibility index (Phi) is 16.5. The van der Waals surface area contributed by atoms with Crippen molar-refractivity contribution in [2.24, 2.45) is 0 Å². The number of aliphatic hydroxyl groups excluding tert-OH is 1. The van der Waals surface area contributed by atoms with Gasteiger partial charge in [0.2, 0.25) is 11.8 Å². The Bertz CT molecular complexity index is 1280. The molecule has 0 aromatic heterocycles. The van der Waals surface area contributed by atoms with Crippen molar-refractivity contribution in [1.82, 2.24) is 10.6 Å². The first-order chi connectivity index (χ1) is 23.3. The number of nitrogens with one attached hydrogen (secondary N) is 2. The fourth-order valence-electron chi connectivity index (χ4n) is 6.02. The van der Waals surface area contributed by atoms with Gasteiger partial charge >= 0.3 is 11.9 Å². The highest BCUT2D eigenvalue weighted by molar-refractivity contribution is 14.1. The van der Waals surface area contributed by atoms with Crippen molar-refractivity contribution in [1.29, 1.82) is 0 Å². The summed E-state index contributed by atoms with van der Waals surface area (Å²) in [6, 6.07) is 6.56. The number of fused-ring (bicyclic) bond motifs is 1. The van der Waals surface area contributed by atoms with Gasteiger partial charge in [0, 0.05) is 47.8 Å². The van der Waals surface area contributed by atoms with Gasteiger partial charge in [0.25, 0.3) is 0 Å². The predicted molar refractivity (Wildman–Crippen MR) is 194 cm³/mol. The summed E-state index contributed by atoms with van der Waals surface area (Å²) in [6.07, 6.45) is 7.76. The van der Waals surface area contributed by atoms with Crippen molar-refractivity contribution < 1.29 is 43.2 Å². The molecule has 11 nitrogen and oxygen atoms in total. The molecule has 1 saturated heterocycles. The van der Waals surface area contributed by atoms with Crippen molar-refractivity contribution in [3.05, 3.63) is 45.0 Å². The molecule has 1 aromatic rings. The van der Waals surface area contributed by atoms with E-state index in [1.807, 2.05) is 12.1 Å². The third-order valence-corrected chi connectivity index (χ3v) is 9.43. The average molecular weight is 799 g/mol. The van der Waals surface area contributed by atoms with E-state index in [4.69, 9.17) is 18.9 Å². The van der Waals surface area contributed by atoms with Gasteiger partial charge in [-0.1, -0.05) is 51.7 Å². The van der Waals surface area contributed by atoms with E-state index < -0.39 is 47.7 Å². The summed E-state index contributed by atoms with van der Waals surface area (Å²) in [5.74, 6) is -2.48. The fraction of sp³-hybridized carbons (Fsp3) is 0.676. The molecule has 3 N–H and O–H groups in total. The Hall–Kier alpha value is -2.55. The van der Waals surface area contributed by atoms with Crippen molar-refractivity contribution in [3.8, 4) is 0 Å². The van der Waals surface area contributed by atoms with E-state index in [-0.39, 0.29) is 50.6 Å². The smallest absolute Gasteiger partial charge is 0.339 e. The van der Waals surface area contributed by atoms with Gasteiger partial charge in [0.05, 0.1) is 18.2 Å². The van der Waals surface area contributed by atoms with E-state index in [0.29, 0.717) is 24.0 Å². The number of hydrogen-bond donors (Lipinski definition) is 3. The zero-order chi connectivity index (χ0) is 36.0. The minimum absolute atomic E-state index is 0.0313. The van der Waals surface area contributed by atoms with Gasteiger partial charge < -0.3 is 34.7 Å². The Morgan fingerprint density at radius 2 is 1.69 bits per heavy atom. The van der Waals surface area contributed by atoms with Crippen LogP contribution in [0, 0.1) is 3.57 Å². The summed E-state index contributed by atoms with van der Waals surface area (Å²) in [4.78, 5) is 51.4. The molecule has 1 heterocycles. The number of carbonyl (C=O) groups is 4. The molecule has 4 atom stereocenters. The van der Waals surface area contributed by atoms with Gasteiger partial charge in [0.15, 0.2) is 5.79 Å². The number of halogens is 1. The van der Waals surface area contributed by atoms with E-state index in [0.717, 1.165) is 42.1 Å². The molecule has 3 rings (SSSR count). The van der Waals surface area contributed by atoms with E-state index in [9.17, 15) is 24.3 Å². The van der Waals surface area contributed by atoms with Crippen molar-refractivity contribution >= 4 is 46.3 Å². The quantitative estimate of drug-likeness (QED) is 0.0885. The van der Waals surface area contributed by atoms with Crippen LogP contribution in [0.25, 0.3) is 0 Å². The number of esters is 2. The number of rotatable bonds is 19. The van der Waals surface area contributed by atoms with Gasteiger partial charge in [-0.25, -0.2) is 4.79 Å². The first-order valence-corrected chi connectivity index (χ1v) is 18.8. The molecule has 1 aliphatic carbocycles. The van der Waals surface area contributed by atoms with Crippen LogP contribution in [-0.4, -0.2) is 77.8 Å². The molecule has 0 saturated carbocycles. The number of ether oxygens (including phenoxy) is 4. The number of unbranched alkanes of at least 4 members (excludes halogenated alkanes) is 4. The number of amides is 2. The van der Waals surface area contributed by atoms with Crippen LogP contribution in [0.4, 0.5) is 0 Å². The van der Waals surface area contributed by atoms with Crippen molar-refractivity contribution in [2.75, 3.05) is 13.2 Å². The number of carbonyl (C=O) groups excluding carboxylic acids is 4. The van der Waals surface area contributed by atoms with Gasteiger partial charge in [-0.05, 0) is 80.8 Å². The summed E-state index contributed by atoms with van der Waals surface area (Å²) in [6.45, 7) is 9.32. The third-order valence-electron chi connectivity index (χ3n) is 8.48. The Labute approximate surface area is 304 Å².